The van der Waals surface area contributed by atoms with Crippen LogP contribution < -0.4 is 5.32 Å². The van der Waals surface area contributed by atoms with Crippen LogP contribution in [0.5, 0.6) is 0 Å². The third-order valence-electron chi connectivity index (χ3n) is 5.12. The average Bonchev–Trinajstić information content (AvgIpc) is 2.73. The van der Waals surface area contributed by atoms with Crippen molar-refractivity contribution in [2.75, 3.05) is 39.4 Å². The van der Waals surface area contributed by atoms with E-state index in [-0.39, 0.29) is 12.7 Å². The van der Waals surface area contributed by atoms with Crippen LogP contribution in [0.25, 0.3) is 0 Å². The first-order valence-electron chi connectivity index (χ1n) is 10.2. The molecule has 1 aromatic carbocycles. The van der Waals surface area contributed by atoms with Gasteiger partial charge in [0.15, 0.2) is 5.92 Å². The van der Waals surface area contributed by atoms with E-state index in [0.29, 0.717) is 38.7 Å². The molecule has 1 fully saturated rings. The van der Waals surface area contributed by atoms with Crippen molar-refractivity contribution in [3.8, 4) is 0 Å². The third-order valence-corrected chi connectivity index (χ3v) is 5.12. The first kappa shape index (κ1) is 21.6. The Morgan fingerprint density at radius 3 is 2.47 bits per heavy atom. The number of amides is 2. The molecule has 0 bridgehead atoms. The Bertz CT molecular complexity index is 832. The van der Waals surface area contributed by atoms with E-state index in [4.69, 9.17) is 14.5 Å². The maximum atomic E-state index is 12.9. The lowest BCUT2D eigenvalue weighted by Gasteiger charge is -2.38. The van der Waals surface area contributed by atoms with Crippen LogP contribution in [0.15, 0.2) is 29.3 Å². The van der Waals surface area contributed by atoms with Gasteiger partial charge in [0, 0.05) is 26.2 Å². The molecule has 0 aromatic heterocycles. The number of esters is 1. The topological polar surface area (TPSA) is 101 Å². The van der Waals surface area contributed by atoms with E-state index in [1.165, 1.54) is 0 Å². The summed E-state index contributed by atoms with van der Waals surface area (Å²) in [5.74, 6) is -1.65. The van der Waals surface area contributed by atoms with Gasteiger partial charge in [-0.05, 0) is 26.3 Å². The number of hydrogen-bond acceptors (Lipinski definition) is 7. The maximum Gasteiger partial charge on any atom is 0.409 e. The van der Waals surface area contributed by atoms with E-state index in [1.807, 2.05) is 36.1 Å². The van der Waals surface area contributed by atoms with Crippen molar-refractivity contribution in [2.45, 2.75) is 26.8 Å². The zero-order chi connectivity index (χ0) is 21.7. The predicted molar refractivity (Wildman–Crippen MR) is 110 cm³/mol. The molecule has 30 heavy (non-hydrogen) atoms. The van der Waals surface area contributed by atoms with Crippen LogP contribution in [-0.4, -0.2) is 73.1 Å². The first-order valence-corrected chi connectivity index (χ1v) is 10.2. The highest BCUT2D eigenvalue weighted by atomic mass is 16.6. The summed E-state index contributed by atoms with van der Waals surface area (Å²) in [7, 11) is 0. The second-order valence-electron chi connectivity index (χ2n) is 7.20. The summed E-state index contributed by atoms with van der Waals surface area (Å²) in [6.45, 7) is 7.87. The molecule has 9 nitrogen and oxygen atoms in total. The summed E-state index contributed by atoms with van der Waals surface area (Å²) in [6.07, 6.45) is -0.341. The van der Waals surface area contributed by atoms with Crippen LogP contribution >= 0.6 is 0 Å². The smallest absolute Gasteiger partial charge is 0.409 e. The van der Waals surface area contributed by atoms with Gasteiger partial charge in [-0.15, -0.1) is 0 Å². The molecule has 1 saturated heterocycles. The van der Waals surface area contributed by atoms with Gasteiger partial charge in [-0.25, -0.2) is 9.79 Å². The number of guanidine groups is 1. The number of ether oxygens (including phenoxy) is 2. The number of benzene rings is 1. The van der Waals surface area contributed by atoms with Gasteiger partial charge < -0.3 is 19.3 Å². The van der Waals surface area contributed by atoms with E-state index in [0.717, 1.165) is 11.1 Å². The molecular formula is C21H28N4O5. The zero-order valence-corrected chi connectivity index (χ0v) is 17.6. The molecule has 1 aromatic rings. The van der Waals surface area contributed by atoms with Gasteiger partial charge in [-0.2, -0.15) is 0 Å². The largest absolute Gasteiger partial charge is 0.465 e. The van der Waals surface area contributed by atoms with Crippen molar-refractivity contribution < 1.29 is 23.9 Å². The van der Waals surface area contributed by atoms with Gasteiger partial charge in [0.2, 0.25) is 11.9 Å². The van der Waals surface area contributed by atoms with Crippen molar-refractivity contribution in [3.05, 3.63) is 35.4 Å². The lowest BCUT2D eigenvalue weighted by Crippen LogP contribution is -2.58. The fraction of sp³-hybridized carbons (Fsp3) is 0.524. The van der Waals surface area contributed by atoms with Crippen molar-refractivity contribution >= 4 is 23.9 Å². The fourth-order valence-corrected chi connectivity index (χ4v) is 3.64. The molecular weight excluding hydrogens is 388 g/mol. The summed E-state index contributed by atoms with van der Waals surface area (Å²) in [5.41, 5.74) is 1.80. The molecule has 2 aliphatic heterocycles. The van der Waals surface area contributed by atoms with Crippen LogP contribution in [0.4, 0.5) is 4.79 Å². The molecule has 0 radical (unpaired) electrons. The Morgan fingerprint density at radius 1 is 1.13 bits per heavy atom. The van der Waals surface area contributed by atoms with E-state index >= 15 is 0 Å². The number of aliphatic imine (C=N–C) groups is 1. The van der Waals surface area contributed by atoms with Crippen LogP contribution in [0.1, 0.15) is 31.0 Å². The van der Waals surface area contributed by atoms with Crippen LogP contribution in [0.2, 0.25) is 0 Å². The predicted octanol–water partition coefficient (Wildman–Crippen LogP) is 1.48. The Morgan fingerprint density at radius 2 is 1.83 bits per heavy atom. The number of nitrogens with zero attached hydrogens (tertiary/aromatic N) is 3. The second kappa shape index (κ2) is 9.60. The molecule has 2 amide bonds. The second-order valence-corrected chi connectivity index (χ2v) is 7.20. The summed E-state index contributed by atoms with van der Waals surface area (Å²) in [5, 5.41) is 2.76. The van der Waals surface area contributed by atoms with Crippen molar-refractivity contribution in [2.24, 2.45) is 10.9 Å². The molecule has 9 heteroatoms. The lowest BCUT2D eigenvalue weighted by molar-refractivity contribution is -0.153. The Balaban J connectivity index is 1.83. The van der Waals surface area contributed by atoms with E-state index in [9.17, 15) is 14.4 Å². The summed E-state index contributed by atoms with van der Waals surface area (Å²) < 4.78 is 10.2. The van der Waals surface area contributed by atoms with Gasteiger partial charge in [0.25, 0.3) is 0 Å². The standard InChI is InChI=1S/C21H28N4O5/c1-4-29-19(27)16-17(15-8-6-7-14(3)13-15)22-20(23-18(16)26)24-9-11-25(12-10-24)21(28)30-5-2/h6-8,13,16-17H,4-5,9-12H2,1-3H3,(H,22,23,26). The highest BCUT2D eigenvalue weighted by molar-refractivity contribution is 6.08. The maximum absolute atomic E-state index is 12.9. The van der Waals surface area contributed by atoms with Crippen LogP contribution in [0, 0.1) is 12.8 Å². The summed E-state index contributed by atoms with van der Waals surface area (Å²) in [4.78, 5) is 45.6. The van der Waals surface area contributed by atoms with Gasteiger partial charge in [0.1, 0.15) is 6.04 Å². The number of rotatable bonds is 4. The zero-order valence-electron chi connectivity index (χ0n) is 17.6. The minimum atomic E-state index is -1.05. The molecule has 0 spiro atoms. The fourth-order valence-electron chi connectivity index (χ4n) is 3.64. The molecule has 2 unspecified atom stereocenters. The molecule has 162 valence electrons. The minimum absolute atomic E-state index is 0.190. The molecule has 3 rings (SSSR count). The summed E-state index contributed by atoms with van der Waals surface area (Å²) in [6, 6.07) is 6.95. The Labute approximate surface area is 176 Å². The highest BCUT2D eigenvalue weighted by Gasteiger charge is 2.42. The number of piperazine rings is 1. The Kier molecular flexibility index (Phi) is 6.91. The van der Waals surface area contributed by atoms with Crippen LogP contribution in [-0.2, 0) is 19.1 Å². The van der Waals surface area contributed by atoms with Crippen LogP contribution in [0.3, 0.4) is 0 Å². The highest BCUT2D eigenvalue weighted by Crippen LogP contribution is 2.31. The normalized spacial score (nSPS) is 21.6. The van der Waals surface area contributed by atoms with Gasteiger partial charge in [0.05, 0.1) is 13.2 Å². The van der Waals surface area contributed by atoms with E-state index < -0.39 is 23.8 Å². The number of hydrogen-bond donors (Lipinski definition) is 1. The van der Waals surface area contributed by atoms with Gasteiger partial charge >= 0.3 is 12.1 Å². The quantitative estimate of drug-likeness (QED) is 0.589. The average molecular weight is 416 g/mol. The molecule has 2 atom stereocenters. The lowest BCUT2D eigenvalue weighted by atomic mass is 9.90. The summed E-state index contributed by atoms with van der Waals surface area (Å²) >= 11 is 0. The number of aryl methyl sites for hydroxylation is 1. The minimum Gasteiger partial charge on any atom is -0.465 e. The number of carbonyl (C=O) groups is 3. The Hall–Kier alpha value is -3.10. The number of nitrogens with one attached hydrogen (secondary N) is 1. The SMILES string of the molecule is CCOC(=O)C1C(=O)NC(N2CCN(C(=O)OCC)CC2)=NC1c1cccc(C)c1. The van der Waals surface area contributed by atoms with Crippen molar-refractivity contribution in [3.63, 3.8) is 0 Å². The molecule has 0 aliphatic carbocycles. The molecule has 0 saturated carbocycles. The van der Waals surface area contributed by atoms with Crippen molar-refractivity contribution in [1.29, 1.82) is 0 Å². The monoisotopic (exact) mass is 416 g/mol. The first-order chi connectivity index (χ1) is 14.4. The van der Waals surface area contributed by atoms with Gasteiger partial charge in [-0.1, -0.05) is 29.8 Å². The number of carbonyl (C=O) groups excluding carboxylic acids is 3. The van der Waals surface area contributed by atoms with Crippen molar-refractivity contribution in [1.82, 2.24) is 15.1 Å². The van der Waals surface area contributed by atoms with E-state index in [2.05, 4.69) is 5.32 Å². The molecule has 1 N–H and O–H groups in total. The molecule has 2 aliphatic rings. The molecule has 2 heterocycles. The van der Waals surface area contributed by atoms with Gasteiger partial charge in [-0.3, -0.25) is 14.9 Å². The van der Waals surface area contributed by atoms with E-state index in [1.54, 1.807) is 18.7 Å². The third kappa shape index (κ3) is 4.72.